The fourth-order valence-corrected chi connectivity index (χ4v) is 1.40. The summed E-state index contributed by atoms with van der Waals surface area (Å²) in [7, 11) is 0. The predicted octanol–water partition coefficient (Wildman–Crippen LogP) is 0.441. The summed E-state index contributed by atoms with van der Waals surface area (Å²) in [6.45, 7) is 1.43. The number of primary amides is 1. The van der Waals surface area contributed by atoms with Crippen LogP contribution in [0.1, 0.15) is 23.2 Å². The highest BCUT2D eigenvalue weighted by Crippen LogP contribution is 2.11. The SMILES string of the molecule is Cl.NCCCNC(=O)CCOc1ccc(C(N)=O)cc1. The van der Waals surface area contributed by atoms with Gasteiger partial charge in [-0.15, -0.1) is 12.4 Å². The largest absolute Gasteiger partial charge is 0.493 e. The molecule has 0 aliphatic rings. The number of nitrogens with two attached hydrogens (primary N) is 2. The summed E-state index contributed by atoms with van der Waals surface area (Å²) in [4.78, 5) is 22.2. The lowest BCUT2D eigenvalue weighted by molar-refractivity contribution is -0.121. The molecule has 20 heavy (non-hydrogen) atoms. The average molecular weight is 302 g/mol. The van der Waals surface area contributed by atoms with E-state index >= 15 is 0 Å². The molecule has 0 bridgehead atoms. The molecule has 0 aliphatic heterocycles. The Morgan fingerprint density at radius 3 is 2.40 bits per heavy atom. The fourth-order valence-electron chi connectivity index (χ4n) is 1.40. The van der Waals surface area contributed by atoms with Gasteiger partial charge < -0.3 is 21.5 Å². The van der Waals surface area contributed by atoms with Gasteiger partial charge in [0.15, 0.2) is 0 Å². The number of nitrogens with one attached hydrogen (secondary N) is 1. The van der Waals surface area contributed by atoms with Crippen molar-refractivity contribution in [2.75, 3.05) is 19.7 Å². The van der Waals surface area contributed by atoms with E-state index in [-0.39, 0.29) is 31.3 Å². The molecule has 0 saturated heterocycles. The van der Waals surface area contributed by atoms with Crippen LogP contribution in [-0.2, 0) is 4.79 Å². The second-order valence-corrected chi connectivity index (χ2v) is 3.98. The first-order valence-corrected chi connectivity index (χ1v) is 6.13. The maximum Gasteiger partial charge on any atom is 0.248 e. The van der Waals surface area contributed by atoms with E-state index in [1.54, 1.807) is 24.3 Å². The van der Waals surface area contributed by atoms with Crippen LogP contribution in [0, 0.1) is 0 Å². The second kappa shape index (κ2) is 10.1. The summed E-state index contributed by atoms with van der Waals surface area (Å²) < 4.78 is 5.38. The van der Waals surface area contributed by atoms with Crippen LogP contribution < -0.4 is 21.5 Å². The van der Waals surface area contributed by atoms with Crippen LogP contribution >= 0.6 is 12.4 Å². The topological polar surface area (TPSA) is 107 Å². The zero-order chi connectivity index (χ0) is 14.1. The summed E-state index contributed by atoms with van der Waals surface area (Å²) in [5.74, 6) is 0.0489. The van der Waals surface area contributed by atoms with Gasteiger partial charge in [0.05, 0.1) is 13.0 Å². The van der Waals surface area contributed by atoms with Gasteiger partial charge in [0.2, 0.25) is 11.8 Å². The Labute approximate surface area is 124 Å². The molecule has 0 fully saturated rings. The van der Waals surface area contributed by atoms with Crippen molar-refractivity contribution < 1.29 is 14.3 Å². The smallest absolute Gasteiger partial charge is 0.248 e. The Balaban J connectivity index is 0.00000361. The van der Waals surface area contributed by atoms with Gasteiger partial charge in [-0.05, 0) is 37.2 Å². The molecule has 0 heterocycles. The van der Waals surface area contributed by atoms with Crippen LogP contribution in [0.15, 0.2) is 24.3 Å². The molecule has 0 aliphatic carbocycles. The maximum absolute atomic E-state index is 11.4. The number of carbonyl (C=O) groups is 2. The van der Waals surface area contributed by atoms with E-state index in [0.717, 1.165) is 6.42 Å². The van der Waals surface area contributed by atoms with Crippen molar-refractivity contribution in [3.05, 3.63) is 29.8 Å². The molecule has 0 radical (unpaired) electrons. The third kappa shape index (κ3) is 6.96. The van der Waals surface area contributed by atoms with E-state index in [4.69, 9.17) is 16.2 Å². The number of carbonyl (C=O) groups excluding carboxylic acids is 2. The Hall–Kier alpha value is -1.79. The van der Waals surface area contributed by atoms with Gasteiger partial charge in [-0.25, -0.2) is 0 Å². The van der Waals surface area contributed by atoms with Crippen LogP contribution in [0.2, 0.25) is 0 Å². The van der Waals surface area contributed by atoms with E-state index in [2.05, 4.69) is 5.32 Å². The highest BCUT2D eigenvalue weighted by molar-refractivity contribution is 5.92. The third-order valence-electron chi connectivity index (χ3n) is 2.44. The Morgan fingerprint density at radius 2 is 1.85 bits per heavy atom. The van der Waals surface area contributed by atoms with Crippen molar-refractivity contribution in [1.82, 2.24) is 5.32 Å². The van der Waals surface area contributed by atoms with Crippen molar-refractivity contribution in [2.45, 2.75) is 12.8 Å². The quantitative estimate of drug-likeness (QED) is 0.606. The number of benzene rings is 1. The Kier molecular flexibility index (Phi) is 9.15. The first-order chi connectivity index (χ1) is 9.13. The highest BCUT2D eigenvalue weighted by Gasteiger charge is 2.02. The molecule has 0 unspecified atom stereocenters. The van der Waals surface area contributed by atoms with E-state index in [0.29, 0.717) is 24.4 Å². The van der Waals surface area contributed by atoms with Crippen LogP contribution in [0.4, 0.5) is 0 Å². The van der Waals surface area contributed by atoms with E-state index in [1.807, 2.05) is 0 Å². The summed E-state index contributed by atoms with van der Waals surface area (Å²) >= 11 is 0. The molecule has 0 atom stereocenters. The van der Waals surface area contributed by atoms with Crippen LogP contribution in [0.3, 0.4) is 0 Å². The fraction of sp³-hybridized carbons (Fsp3) is 0.385. The lowest BCUT2D eigenvalue weighted by atomic mass is 10.2. The molecule has 5 N–H and O–H groups in total. The summed E-state index contributed by atoms with van der Waals surface area (Å²) in [5, 5.41) is 2.73. The van der Waals surface area contributed by atoms with Crippen molar-refractivity contribution in [1.29, 1.82) is 0 Å². The number of halogens is 1. The minimum Gasteiger partial charge on any atom is -0.493 e. The molecule has 6 nitrogen and oxygen atoms in total. The first kappa shape index (κ1) is 18.2. The summed E-state index contributed by atoms with van der Waals surface area (Å²) in [6.07, 6.45) is 1.04. The molecule has 1 aromatic rings. The highest BCUT2D eigenvalue weighted by atomic mass is 35.5. The number of rotatable bonds is 8. The number of hydrogen-bond acceptors (Lipinski definition) is 4. The maximum atomic E-state index is 11.4. The van der Waals surface area contributed by atoms with Crippen molar-refractivity contribution >= 4 is 24.2 Å². The third-order valence-corrected chi connectivity index (χ3v) is 2.44. The Morgan fingerprint density at radius 1 is 1.20 bits per heavy atom. The molecular weight excluding hydrogens is 282 g/mol. The van der Waals surface area contributed by atoms with E-state index < -0.39 is 5.91 Å². The average Bonchev–Trinajstić information content (AvgIpc) is 2.39. The molecule has 0 saturated carbocycles. The predicted molar refractivity (Wildman–Crippen MR) is 79.0 cm³/mol. The van der Waals surface area contributed by atoms with Crippen LogP contribution in [0.5, 0.6) is 5.75 Å². The van der Waals surface area contributed by atoms with Crippen molar-refractivity contribution in [3.8, 4) is 5.75 Å². The summed E-state index contributed by atoms with van der Waals surface area (Å²) in [6, 6.07) is 6.46. The van der Waals surface area contributed by atoms with Gasteiger partial charge in [0, 0.05) is 12.1 Å². The lowest BCUT2D eigenvalue weighted by Gasteiger charge is -2.07. The monoisotopic (exact) mass is 301 g/mol. The number of ether oxygens (including phenoxy) is 1. The van der Waals surface area contributed by atoms with Crippen molar-refractivity contribution in [3.63, 3.8) is 0 Å². The van der Waals surface area contributed by atoms with Gasteiger partial charge in [-0.3, -0.25) is 9.59 Å². The van der Waals surface area contributed by atoms with Crippen LogP contribution in [-0.4, -0.2) is 31.5 Å². The standard InChI is InChI=1S/C13H19N3O3.ClH/c14-7-1-8-16-12(17)6-9-19-11-4-2-10(3-5-11)13(15)18;/h2-5H,1,6-9,14H2,(H2,15,18)(H,16,17);1H. The van der Waals surface area contributed by atoms with E-state index in [9.17, 15) is 9.59 Å². The minimum absolute atomic E-state index is 0. The molecule has 1 rings (SSSR count). The second-order valence-electron chi connectivity index (χ2n) is 3.98. The van der Waals surface area contributed by atoms with Gasteiger partial charge in [-0.2, -0.15) is 0 Å². The van der Waals surface area contributed by atoms with Gasteiger partial charge in [0.1, 0.15) is 5.75 Å². The zero-order valence-corrected chi connectivity index (χ0v) is 11.9. The van der Waals surface area contributed by atoms with E-state index in [1.165, 1.54) is 0 Å². The van der Waals surface area contributed by atoms with Crippen LogP contribution in [0.25, 0.3) is 0 Å². The Bertz CT molecular complexity index is 423. The normalized spacial score (nSPS) is 9.45. The molecule has 112 valence electrons. The molecule has 0 spiro atoms. The molecule has 1 aromatic carbocycles. The van der Waals surface area contributed by atoms with Gasteiger partial charge in [0.25, 0.3) is 0 Å². The zero-order valence-electron chi connectivity index (χ0n) is 11.1. The number of hydrogen-bond donors (Lipinski definition) is 3. The van der Waals surface area contributed by atoms with Gasteiger partial charge >= 0.3 is 0 Å². The lowest BCUT2D eigenvalue weighted by Crippen LogP contribution is -2.27. The molecule has 0 aromatic heterocycles. The molecular formula is C13H20ClN3O3. The number of amides is 2. The summed E-state index contributed by atoms with van der Waals surface area (Å²) in [5.41, 5.74) is 10.9. The van der Waals surface area contributed by atoms with Crippen molar-refractivity contribution in [2.24, 2.45) is 11.5 Å². The molecule has 7 heteroatoms. The molecule has 2 amide bonds. The minimum atomic E-state index is -0.481. The first-order valence-electron chi connectivity index (χ1n) is 6.13. The van der Waals surface area contributed by atoms with Gasteiger partial charge in [-0.1, -0.05) is 0 Å².